The fraction of sp³-hybridized carbons (Fsp3) is 0.167. The molecule has 82 valence electrons. The van der Waals surface area contributed by atoms with Crippen molar-refractivity contribution in [1.29, 1.82) is 0 Å². The van der Waals surface area contributed by atoms with Crippen LogP contribution in [0.4, 0.5) is 5.69 Å². The van der Waals surface area contributed by atoms with Crippen molar-refractivity contribution in [2.24, 2.45) is 12.0 Å². The van der Waals surface area contributed by atoms with Gasteiger partial charge in [-0.25, -0.2) is 4.98 Å². The highest BCUT2D eigenvalue weighted by Crippen LogP contribution is 2.30. The Morgan fingerprint density at radius 3 is 2.88 bits per heavy atom. The minimum Gasteiger partial charge on any atom is -0.388 e. The topological polar surface area (TPSA) is 50.4 Å². The second-order valence-corrected chi connectivity index (χ2v) is 3.48. The van der Waals surface area contributed by atoms with E-state index in [0.717, 1.165) is 16.6 Å². The Bertz CT molecular complexity index is 569. The number of aromatic nitrogens is 2. The van der Waals surface area contributed by atoms with Crippen LogP contribution in [-0.2, 0) is 13.7 Å². The monoisotopic (exact) mass is 215 g/mol. The van der Waals surface area contributed by atoms with Gasteiger partial charge in [0.05, 0.1) is 11.2 Å². The van der Waals surface area contributed by atoms with Crippen LogP contribution in [0.1, 0.15) is 11.4 Å². The second-order valence-electron chi connectivity index (χ2n) is 3.48. The van der Waals surface area contributed by atoms with Crippen LogP contribution in [0.2, 0.25) is 0 Å². The Hall–Kier alpha value is -1.94. The van der Waals surface area contributed by atoms with Gasteiger partial charge in [0.25, 0.3) is 0 Å². The van der Waals surface area contributed by atoms with Crippen LogP contribution in [0.5, 0.6) is 0 Å². The summed E-state index contributed by atoms with van der Waals surface area (Å²) in [6.45, 7) is 7.18. The van der Waals surface area contributed by atoms with Gasteiger partial charge in [-0.3, -0.25) is 4.99 Å². The van der Waals surface area contributed by atoms with Gasteiger partial charge in [0.2, 0.25) is 0 Å². The molecule has 1 aromatic carbocycles. The number of nitrogens with zero attached hydrogens (tertiary/aromatic N) is 3. The quantitative estimate of drug-likeness (QED) is 0.796. The third-order valence-electron chi connectivity index (χ3n) is 2.67. The van der Waals surface area contributed by atoms with Crippen molar-refractivity contribution in [3.8, 4) is 0 Å². The van der Waals surface area contributed by atoms with Crippen molar-refractivity contribution in [2.45, 2.75) is 6.61 Å². The predicted molar refractivity (Wildman–Crippen MR) is 65.9 cm³/mol. The Kier molecular flexibility index (Phi) is 2.58. The van der Waals surface area contributed by atoms with E-state index in [9.17, 15) is 0 Å². The van der Waals surface area contributed by atoms with Crippen molar-refractivity contribution >= 4 is 29.5 Å². The van der Waals surface area contributed by atoms with E-state index in [0.29, 0.717) is 11.5 Å². The number of aryl methyl sites for hydroxylation is 1. The Morgan fingerprint density at radius 2 is 2.31 bits per heavy atom. The van der Waals surface area contributed by atoms with Gasteiger partial charge in [-0.2, -0.15) is 0 Å². The van der Waals surface area contributed by atoms with E-state index < -0.39 is 0 Å². The van der Waals surface area contributed by atoms with Gasteiger partial charge in [0.15, 0.2) is 0 Å². The summed E-state index contributed by atoms with van der Waals surface area (Å²) < 4.78 is 1.84. The highest BCUT2D eigenvalue weighted by atomic mass is 16.3. The van der Waals surface area contributed by atoms with Crippen LogP contribution in [-0.4, -0.2) is 21.4 Å². The van der Waals surface area contributed by atoms with Gasteiger partial charge < -0.3 is 9.67 Å². The molecule has 0 fully saturated rings. The van der Waals surface area contributed by atoms with Crippen LogP contribution < -0.4 is 0 Å². The molecule has 0 unspecified atom stereocenters. The molecule has 0 saturated carbocycles. The molecule has 0 aliphatic rings. The first-order chi connectivity index (χ1) is 7.72. The Balaban J connectivity index is 2.87. The molecule has 1 N–H and O–H groups in total. The molecule has 0 aliphatic carbocycles. The molecule has 4 heteroatoms. The zero-order valence-electron chi connectivity index (χ0n) is 9.14. The molecule has 0 spiro atoms. The van der Waals surface area contributed by atoms with Crippen LogP contribution >= 0.6 is 0 Å². The molecule has 1 heterocycles. The molecule has 1 aromatic heterocycles. The fourth-order valence-electron chi connectivity index (χ4n) is 1.78. The number of aliphatic hydroxyl groups is 1. The van der Waals surface area contributed by atoms with Gasteiger partial charge >= 0.3 is 0 Å². The van der Waals surface area contributed by atoms with Crippen LogP contribution in [0.25, 0.3) is 17.1 Å². The SMILES string of the molecule is C=Cc1ccc2c(nc(CO)n2C)c1N=C. The van der Waals surface area contributed by atoms with Gasteiger partial charge in [-0.1, -0.05) is 18.7 Å². The Morgan fingerprint density at radius 1 is 1.56 bits per heavy atom. The zero-order chi connectivity index (χ0) is 11.7. The number of rotatable bonds is 3. The number of hydrogen-bond acceptors (Lipinski definition) is 3. The van der Waals surface area contributed by atoms with E-state index >= 15 is 0 Å². The molecule has 0 amide bonds. The molecule has 16 heavy (non-hydrogen) atoms. The van der Waals surface area contributed by atoms with E-state index in [4.69, 9.17) is 5.11 Å². The average Bonchev–Trinajstić information content (AvgIpc) is 2.65. The second kappa shape index (κ2) is 3.90. The van der Waals surface area contributed by atoms with Crippen LogP contribution in [0.3, 0.4) is 0 Å². The average molecular weight is 215 g/mol. The van der Waals surface area contributed by atoms with Crippen molar-refractivity contribution in [2.75, 3.05) is 0 Å². The highest BCUT2D eigenvalue weighted by Gasteiger charge is 2.11. The molecule has 0 bridgehead atoms. The number of benzene rings is 1. The predicted octanol–water partition coefficient (Wildman–Crippen LogP) is 2.04. The summed E-state index contributed by atoms with van der Waals surface area (Å²) in [6.07, 6.45) is 1.72. The first-order valence-corrected chi connectivity index (χ1v) is 4.91. The van der Waals surface area contributed by atoms with Gasteiger partial charge in [0, 0.05) is 12.6 Å². The first-order valence-electron chi connectivity index (χ1n) is 4.91. The molecular weight excluding hydrogens is 202 g/mol. The number of fused-ring (bicyclic) bond motifs is 1. The molecule has 2 aromatic rings. The maximum absolute atomic E-state index is 9.16. The van der Waals surface area contributed by atoms with Crippen molar-refractivity contribution in [3.05, 3.63) is 30.1 Å². The van der Waals surface area contributed by atoms with Crippen LogP contribution in [0.15, 0.2) is 23.7 Å². The summed E-state index contributed by atoms with van der Waals surface area (Å²) in [5, 5.41) is 9.16. The summed E-state index contributed by atoms with van der Waals surface area (Å²) in [4.78, 5) is 8.32. The van der Waals surface area contributed by atoms with E-state index in [1.54, 1.807) is 6.08 Å². The van der Waals surface area contributed by atoms with E-state index in [2.05, 4.69) is 23.3 Å². The maximum atomic E-state index is 9.16. The lowest BCUT2D eigenvalue weighted by Gasteiger charge is -2.01. The molecule has 0 radical (unpaired) electrons. The zero-order valence-corrected chi connectivity index (χ0v) is 9.14. The first kappa shape index (κ1) is 10.6. The summed E-state index contributed by atoms with van der Waals surface area (Å²) in [6, 6.07) is 3.86. The van der Waals surface area contributed by atoms with Crippen molar-refractivity contribution < 1.29 is 5.11 Å². The van der Waals surface area contributed by atoms with Gasteiger partial charge in [-0.15, -0.1) is 0 Å². The largest absolute Gasteiger partial charge is 0.388 e. The Labute approximate surface area is 93.6 Å². The number of hydrogen-bond donors (Lipinski definition) is 1. The maximum Gasteiger partial charge on any atom is 0.135 e. The highest BCUT2D eigenvalue weighted by molar-refractivity contribution is 5.92. The lowest BCUT2D eigenvalue weighted by atomic mass is 10.1. The number of aliphatic imine (C=N–C) groups is 1. The third-order valence-corrected chi connectivity index (χ3v) is 2.67. The number of aliphatic hydroxyl groups excluding tert-OH is 1. The smallest absolute Gasteiger partial charge is 0.135 e. The molecule has 0 aliphatic heterocycles. The lowest BCUT2D eigenvalue weighted by Crippen LogP contribution is -1.96. The van der Waals surface area contributed by atoms with Gasteiger partial charge in [-0.05, 0) is 12.8 Å². The molecule has 2 rings (SSSR count). The standard InChI is InChI=1S/C12H13N3O/c1-4-8-5-6-9-12(11(8)13-2)14-10(7-16)15(9)3/h4-6,16H,1-2,7H2,3H3. The lowest BCUT2D eigenvalue weighted by molar-refractivity contribution is 0.268. The fourth-order valence-corrected chi connectivity index (χ4v) is 1.78. The summed E-state index contributed by atoms with van der Waals surface area (Å²) in [5.41, 5.74) is 3.28. The minimum atomic E-state index is -0.0921. The van der Waals surface area contributed by atoms with Crippen molar-refractivity contribution in [3.63, 3.8) is 0 Å². The summed E-state index contributed by atoms with van der Waals surface area (Å²) >= 11 is 0. The molecule has 0 saturated heterocycles. The van der Waals surface area contributed by atoms with Crippen LogP contribution in [0, 0.1) is 0 Å². The normalized spacial score (nSPS) is 10.6. The third kappa shape index (κ3) is 1.35. The van der Waals surface area contributed by atoms with Gasteiger partial charge in [0.1, 0.15) is 17.9 Å². The van der Waals surface area contributed by atoms with Crippen molar-refractivity contribution in [1.82, 2.24) is 9.55 Å². The van der Waals surface area contributed by atoms with E-state index in [1.165, 1.54) is 0 Å². The van der Waals surface area contributed by atoms with E-state index in [-0.39, 0.29) is 6.61 Å². The molecule has 0 atom stereocenters. The molecule has 4 nitrogen and oxygen atoms in total. The minimum absolute atomic E-state index is 0.0921. The summed E-state index contributed by atoms with van der Waals surface area (Å²) in [7, 11) is 1.86. The number of imidazole rings is 1. The van der Waals surface area contributed by atoms with E-state index in [1.807, 2.05) is 23.7 Å². The summed E-state index contributed by atoms with van der Waals surface area (Å²) in [5.74, 6) is 0.612. The molecular formula is C12H13N3O.